The zero-order valence-electron chi connectivity index (χ0n) is 14.5. The predicted molar refractivity (Wildman–Crippen MR) is 94.7 cm³/mol. The Morgan fingerprint density at radius 3 is 2.78 bits per heavy atom. The van der Waals surface area contributed by atoms with E-state index in [9.17, 15) is 14.9 Å². The van der Waals surface area contributed by atoms with Gasteiger partial charge in [0.1, 0.15) is 0 Å². The standard InChI is InChI=1S/C19H17N3O4.ClH/c1-26-19(23)16-10-14-13-7-2-3-8-15(13)20-18(14)17(21-16)11-5-4-6-12(9-11)22(24)25;/h2-9,16-17,20-21H,10H2,1H3;1H. The van der Waals surface area contributed by atoms with Gasteiger partial charge in [0.05, 0.1) is 17.7 Å². The minimum Gasteiger partial charge on any atom is -1.00 e. The van der Waals surface area contributed by atoms with Crippen molar-refractivity contribution in [3.05, 3.63) is 75.5 Å². The largest absolute Gasteiger partial charge is 1.00 e. The van der Waals surface area contributed by atoms with Gasteiger partial charge in [-0.25, -0.2) is 4.79 Å². The molecular weight excluding hydrogens is 370 g/mol. The van der Waals surface area contributed by atoms with Crippen LogP contribution >= 0.6 is 0 Å². The Morgan fingerprint density at radius 1 is 1.26 bits per heavy atom. The lowest BCUT2D eigenvalue weighted by Gasteiger charge is -2.26. The number of fused-ring (bicyclic) bond motifs is 3. The Labute approximate surface area is 161 Å². The Balaban J connectivity index is 0.00000210. The number of benzene rings is 2. The van der Waals surface area contributed by atoms with Crippen LogP contribution in [-0.4, -0.2) is 29.0 Å². The number of carbonyl (C=O) groups is 1. The van der Waals surface area contributed by atoms with E-state index in [2.05, 4.69) is 4.98 Å². The van der Waals surface area contributed by atoms with E-state index in [4.69, 9.17) is 4.74 Å². The highest BCUT2D eigenvalue weighted by Crippen LogP contribution is 2.32. The second-order valence-electron chi connectivity index (χ2n) is 6.42. The molecule has 7 nitrogen and oxygen atoms in total. The van der Waals surface area contributed by atoms with Gasteiger partial charge in [-0.05, 0) is 11.6 Å². The summed E-state index contributed by atoms with van der Waals surface area (Å²) in [6.07, 6.45) is 0.553. The Hall–Kier alpha value is -2.90. The van der Waals surface area contributed by atoms with Crippen LogP contribution in [0.5, 0.6) is 0 Å². The summed E-state index contributed by atoms with van der Waals surface area (Å²) >= 11 is 0. The summed E-state index contributed by atoms with van der Waals surface area (Å²) in [5, 5.41) is 14.1. The van der Waals surface area contributed by atoms with Crippen LogP contribution in [0.2, 0.25) is 0 Å². The molecule has 2 heterocycles. The van der Waals surface area contributed by atoms with E-state index in [1.165, 1.54) is 13.2 Å². The summed E-state index contributed by atoms with van der Waals surface area (Å²) in [6, 6.07) is 13.9. The number of hydrogen-bond donors (Lipinski definition) is 2. The van der Waals surface area contributed by atoms with E-state index in [0.29, 0.717) is 6.42 Å². The molecule has 140 valence electrons. The number of nitro groups is 1. The molecule has 0 fully saturated rings. The molecule has 27 heavy (non-hydrogen) atoms. The Bertz CT molecular complexity index is 1020. The number of para-hydroxylation sites is 1. The molecule has 8 heteroatoms. The highest BCUT2D eigenvalue weighted by Gasteiger charge is 2.38. The molecule has 0 saturated carbocycles. The number of methoxy groups -OCH3 is 1. The Morgan fingerprint density at radius 2 is 2.04 bits per heavy atom. The number of halogens is 1. The SMILES string of the molecule is COC(=O)C1Cc2c([nH]c3ccccc23)C(c2cccc([N+](=O)[O-])c2)[NH2+]1.[Cl-]. The average Bonchev–Trinajstić information content (AvgIpc) is 3.05. The van der Waals surface area contributed by atoms with Gasteiger partial charge >= 0.3 is 5.97 Å². The first-order chi connectivity index (χ1) is 12.6. The molecule has 2 aromatic carbocycles. The second kappa shape index (κ2) is 7.38. The van der Waals surface area contributed by atoms with Gasteiger partial charge in [-0.1, -0.05) is 30.3 Å². The van der Waals surface area contributed by atoms with Crippen molar-refractivity contribution in [1.29, 1.82) is 0 Å². The molecule has 3 N–H and O–H groups in total. The summed E-state index contributed by atoms with van der Waals surface area (Å²) in [7, 11) is 1.38. The highest BCUT2D eigenvalue weighted by molar-refractivity contribution is 5.86. The van der Waals surface area contributed by atoms with Gasteiger partial charge in [0.15, 0.2) is 12.1 Å². The maximum Gasteiger partial charge on any atom is 0.364 e. The molecule has 1 aromatic heterocycles. The van der Waals surface area contributed by atoms with Gasteiger partial charge in [0.2, 0.25) is 0 Å². The minimum absolute atomic E-state index is 0. The maximum absolute atomic E-state index is 12.2. The van der Waals surface area contributed by atoms with Crippen LogP contribution in [-0.2, 0) is 16.0 Å². The number of H-pyrrole nitrogens is 1. The van der Waals surface area contributed by atoms with Gasteiger partial charge < -0.3 is 27.4 Å². The minimum atomic E-state index is -0.407. The second-order valence-corrected chi connectivity index (χ2v) is 6.42. The maximum atomic E-state index is 12.2. The first-order valence-electron chi connectivity index (χ1n) is 8.35. The molecule has 3 aromatic rings. The zero-order chi connectivity index (χ0) is 18.3. The van der Waals surface area contributed by atoms with Gasteiger partial charge in [-0.3, -0.25) is 10.1 Å². The number of aromatic nitrogens is 1. The lowest BCUT2D eigenvalue weighted by Crippen LogP contribution is -3.00. The van der Waals surface area contributed by atoms with Crippen molar-refractivity contribution in [2.45, 2.75) is 18.5 Å². The topological polar surface area (TPSA) is 102 Å². The van der Waals surface area contributed by atoms with Crippen molar-refractivity contribution < 1.29 is 32.2 Å². The molecule has 0 aliphatic carbocycles. The highest BCUT2D eigenvalue weighted by atomic mass is 35.5. The number of nitrogens with two attached hydrogens (primary N) is 1. The first kappa shape index (κ1) is 18.9. The summed E-state index contributed by atoms with van der Waals surface area (Å²) in [5.74, 6) is -0.295. The molecule has 4 rings (SSSR count). The number of non-ortho nitro benzene ring substituents is 1. The van der Waals surface area contributed by atoms with Crippen LogP contribution in [0.3, 0.4) is 0 Å². The fraction of sp³-hybridized carbons (Fsp3) is 0.211. The quantitative estimate of drug-likeness (QED) is 0.336. The monoisotopic (exact) mass is 387 g/mol. The van der Waals surface area contributed by atoms with Crippen molar-refractivity contribution in [2.24, 2.45) is 0 Å². The molecule has 0 amide bonds. The predicted octanol–water partition coefficient (Wildman–Crippen LogP) is -1.17. The van der Waals surface area contributed by atoms with E-state index < -0.39 is 11.0 Å². The van der Waals surface area contributed by atoms with Crippen LogP contribution in [0, 0.1) is 10.1 Å². The third-order valence-corrected chi connectivity index (χ3v) is 4.95. The van der Waals surface area contributed by atoms with E-state index in [-0.39, 0.29) is 30.1 Å². The number of carbonyl (C=O) groups excluding carboxylic acids is 1. The lowest BCUT2D eigenvalue weighted by molar-refractivity contribution is -0.712. The zero-order valence-corrected chi connectivity index (χ0v) is 15.3. The fourth-order valence-electron chi connectivity index (χ4n) is 3.75. The molecule has 0 radical (unpaired) electrons. The van der Waals surface area contributed by atoms with E-state index >= 15 is 0 Å². The number of aromatic amines is 1. The van der Waals surface area contributed by atoms with Gasteiger partial charge in [0, 0.05) is 35.0 Å². The molecule has 0 bridgehead atoms. The number of nitro benzene ring substituents is 1. The fourth-order valence-corrected chi connectivity index (χ4v) is 3.75. The van der Waals surface area contributed by atoms with Crippen LogP contribution in [0.4, 0.5) is 5.69 Å². The number of rotatable bonds is 3. The van der Waals surface area contributed by atoms with Gasteiger partial charge in [-0.2, -0.15) is 0 Å². The van der Waals surface area contributed by atoms with Crippen LogP contribution in [0.1, 0.15) is 22.9 Å². The van der Waals surface area contributed by atoms with Crippen LogP contribution in [0.15, 0.2) is 48.5 Å². The molecule has 0 saturated heterocycles. The molecule has 2 unspecified atom stereocenters. The van der Waals surface area contributed by atoms with Crippen molar-refractivity contribution in [3.8, 4) is 0 Å². The number of nitrogens with zero attached hydrogens (tertiary/aromatic N) is 1. The number of quaternary nitrogens is 1. The number of ether oxygens (including phenoxy) is 1. The first-order valence-corrected chi connectivity index (χ1v) is 8.35. The summed E-state index contributed by atoms with van der Waals surface area (Å²) in [4.78, 5) is 26.4. The summed E-state index contributed by atoms with van der Waals surface area (Å²) in [5.41, 5.74) is 3.85. The average molecular weight is 388 g/mol. The van der Waals surface area contributed by atoms with Crippen LogP contribution in [0.25, 0.3) is 10.9 Å². The lowest BCUT2D eigenvalue weighted by atomic mass is 9.90. The summed E-state index contributed by atoms with van der Waals surface area (Å²) < 4.78 is 4.95. The van der Waals surface area contributed by atoms with Gasteiger partial charge in [-0.15, -0.1) is 0 Å². The van der Waals surface area contributed by atoms with Gasteiger partial charge in [0.25, 0.3) is 5.69 Å². The number of esters is 1. The third kappa shape index (κ3) is 3.27. The molecule has 0 spiro atoms. The van der Waals surface area contributed by atoms with E-state index in [0.717, 1.165) is 27.7 Å². The molecule has 1 aliphatic rings. The smallest absolute Gasteiger partial charge is 0.364 e. The number of nitrogens with one attached hydrogen (secondary N) is 1. The third-order valence-electron chi connectivity index (χ3n) is 4.95. The van der Waals surface area contributed by atoms with E-state index in [1.807, 2.05) is 35.6 Å². The van der Waals surface area contributed by atoms with Crippen molar-refractivity contribution in [3.63, 3.8) is 0 Å². The van der Waals surface area contributed by atoms with E-state index in [1.54, 1.807) is 12.1 Å². The van der Waals surface area contributed by atoms with Crippen molar-refractivity contribution in [1.82, 2.24) is 4.98 Å². The molecular formula is C19H18ClN3O4. The van der Waals surface area contributed by atoms with Crippen molar-refractivity contribution >= 4 is 22.6 Å². The molecule has 1 aliphatic heterocycles. The molecule has 2 atom stereocenters. The number of hydrogen-bond acceptors (Lipinski definition) is 4. The van der Waals surface area contributed by atoms with Crippen molar-refractivity contribution in [2.75, 3.05) is 7.11 Å². The summed E-state index contributed by atoms with van der Waals surface area (Å²) in [6.45, 7) is 0. The van der Waals surface area contributed by atoms with Crippen LogP contribution < -0.4 is 17.7 Å². The Kier molecular flexibility index (Phi) is 5.16. The normalized spacial score (nSPS) is 18.4.